The Labute approximate surface area is 101 Å². The van der Waals surface area contributed by atoms with E-state index in [1.165, 1.54) is 11.1 Å². The number of hydrogen-bond donors (Lipinski definition) is 1. The second kappa shape index (κ2) is 5.28. The number of hydrogen-bond acceptors (Lipinski definition) is 2. The second-order valence-corrected chi connectivity index (χ2v) is 4.79. The first-order valence-electron chi connectivity index (χ1n) is 5.65. The smallest absolute Gasteiger partial charge is 0.0372 e. The fourth-order valence-corrected chi connectivity index (χ4v) is 2.80. The Bertz CT molecular complexity index is 408. The van der Waals surface area contributed by atoms with Crippen molar-refractivity contribution < 1.29 is 0 Å². The SMILES string of the molecule is CCC(c1ccccc1)C(N)c1ccsc1. The molecule has 16 heavy (non-hydrogen) atoms. The van der Waals surface area contributed by atoms with Crippen molar-refractivity contribution in [2.75, 3.05) is 0 Å². The molecule has 84 valence electrons. The Morgan fingerprint density at radius 1 is 1.12 bits per heavy atom. The summed E-state index contributed by atoms with van der Waals surface area (Å²) in [6.45, 7) is 2.20. The number of rotatable bonds is 4. The molecule has 0 bridgehead atoms. The minimum absolute atomic E-state index is 0.110. The molecular weight excluding hydrogens is 214 g/mol. The monoisotopic (exact) mass is 231 g/mol. The molecule has 0 saturated heterocycles. The van der Waals surface area contributed by atoms with Gasteiger partial charge in [0.25, 0.3) is 0 Å². The number of nitrogens with two attached hydrogens (primary N) is 1. The third kappa shape index (κ3) is 2.34. The molecule has 0 aliphatic heterocycles. The van der Waals surface area contributed by atoms with E-state index in [9.17, 15) is 0 Å². The fraction of sp³-hybridized carbons (Fsp3) is 0.286. The molecule has 2 heteroatoms. The molecule has 2 unspecified atom stereocenters. The van der Waals surface area contributed by atoms with Gasteiger partial charge >= 0.3 is 0 Å². The quantitative estimate of drug-likeness (QED) is 0.847. The minimum Gasteiger partial charge on any atom is -0.323 e. The molecule has 1 aromatic heterocycles. The first kappa shape index (κ1) is 11.4. The van der Waals surface area contributed by atoms with Gasteiger partial charge in [-0.25, -0.2) is 0 Å². The van der Waals surface area contributed by atoms with Crippen molar-refractivity contribution in [2.45, 2.75) is 25.3 Å². The van der Waals surface area contributed by atoms with Gasteiger partial charge in [-0.2, -0.15) is 11.3 Å². The zero-order valence-electron chi connectivity index (χ0n) is 9.47. The standard InChI is InChI=1S/C14H17NS/c1-2-13(11-6-4-3-5-7-11)14(15)12-8-9-16-10-12/h3-10,13-14H,2,15H2,1H3. The molecular formula is C14H17NS. The van der Waals surface area contributed by atoms with E-state index >= 15 is 0 Å². The third-order valence-corrected chi connectivity index (χ3v) is 3.73. The third-order valence-electron chi connectivity index (χ3n) is 3.03. The van der Waals surface area contributed by atoms with E-state index in [1.54, 1.807) is 11.3 Å². The van der Waals surface area contributed by atoms with Gasteiger partial charge in [0.15, 0.2) is 0 Å². The van der Waals surface area contributed by atoms with Crippen molar-refractivity contribution in [3.63, 3.8) is 0 Å². The number of thiophene rings is 1. The van der Waals surface area contributed by atoms with E-state index in [2.05, 4.69) is 48.0 Å². The van der Waals surface area contributed by atoms with Crippen LogP contribution in [0.15, 0.2) is 47.2 Å². The molecule has 0 amide bonds. The van der Waals surface area contributed by atoms with Crippen LogP contribution in [0.5, 0.6) is 0 Å². The first-order chi connectivity index (χ1) is 7.83. The Kier molecular flexibility index (Phi) is 3.75. The molecule has 1 aromatic carbocycles. The van der Waals surface area contributed by atoms with Gasteiger partial charge < -0.3 is 5.73 Å². The topological polar surface area (TPSA) is 26.0 Å². The lowest BCUT2D eigenvalue weighted by atomic mass is 9.87. The van der Waals surface area contributed by atoms with Crippen LogP contribution in [0.2, 0.25) is 0 Å². The summed E-state index contributed by atoms with van der Waals surface area (Å²) < 4.78 is 0. The van der Waals surface area contributed by atoms with Crippen LogP contribution >= 0.6 is 11.3 Å². The van der Waals surface area contributed by atoms with Crippen LogP contribution in [-0.4, -0.2) is 0 Å². The van der Waals surface area contributed by atoms with Gasteiger partial charge in [0.05, 0.1) is 0 Å². The van der Waals surface area contributed by atoms with E-state index < -0.39 is 0 Å². The summed E-state index contributed by atoms with van der Waals surface area (Å²) in [5, 5.41) is 4.24. The van der Waals surface area contributed by atoms with Gasteiger partial charge in [-0.05, 0) is 34.4 Å². The van der Waals surface area contributed by atoms with Crippen LogP contribution in [-0.2, 0) is 0 Å². The molecule has 1 nitrogen and oxygen atoms in total. The van der Waals surface area contributed by atoms with Crippen molar-refractivity contribution in [1.29, 1.82) is 0 Å². The highest BCUT2D eigenvalue weighted by molar-refractivity contribution is 7.07. The van der Waals surface area contributed by atoms with Crippen LogP contribution < -0.4 is 5.73 Å². The molecule has 0 spiro atoms. The summed E-state index contributed by atoms with van der Waals surface area (Å²) in [5.41, 5.74) is 8.92. The predicted molar refractivity (Wildman–Crippen MR) is 70.7 cm³/mol. The Morgan fingerprint density at radius 3 is 2.44 bits per heavy atom. The van der Waals surface area contributed by atoms with Crippen LogP contribution in [0.25, 0.3) is 0 Å². The molecule has 2 rings (SSSR count). The summed E-state index contributed by atoms with van der Waals surface area (Å²) >= 11 is 1.71. The van der Waals surface area contributed by atoms with E-state index in [0.717, 1.165) is 6.42 Å². The minimum atomic E-state index is 0.110. The number of benzene rings is 1. The molecule has 0 aliphatic carbocycles. The Morgan fingerprint density at radius 2 is 1.88 bits per heavy atom. The molecule has 0 saturated carbocycles. The summed E-state index contributed by atoms with van der Waals surface area (Å²) in [4.78, 5) is 0. The fourth-order valence-electron chi connectivity index (χ4n) is 2.09. The van der Waals surface area contributed by atoms with Crippen molar-refractivity contribution in [1.82, 2.24) is 0 Å². The van der Waals surface area contributed by atoms with Crippen LogP contribution in [0.1, 0.15) is 36.4 Å². The van der Waals surface area contributed by atoms with Crippen molar-refractivity contribution in [3.8, 4) is 0 Å². The highest BCUT2D eigenvalue weighted by Crippen LogP contribution is 2.32. The Balaban J connectivity index is 2.23. The van der Waals surface area contributed by atoms with Crippen LogP contribution in [0.3, 0.4) is 0 Å². The van der Waals surface area contributed by atoms with Gasteiger partial charge in [0.2, 0.25) is 0 Å². The van der Waals surface area contributed by atoms with E-state index in [1.807, 2.05) is 6.07 Å². The summed E-state index contributed by atoms with van der Waals surface area (Å²) in [6.07, 6.45) is 1.07. The second-order valence-electron chi connectivity index (χ2n) is 4.01. The lowest BCUT2D eigenvalue weighted by molar-refractivity contribution is 0.540. The normalized spacial score (nSPS) is 14.6. The maximum Gasteiger partial charge on any atom is 0.0372 e. The van der Waals surface area contributed by atoms with E-state index in [4.69, 9.17) is 5.73 Å². The van der Waals surface area contributed by atoms with Crippen LogP contribution in [0.4, 0.5) is 0 Å². The van der Waals surface area contributed by atoms with Gasteiger partial charge in [-0.3, -0.25) is 0 Å². The molecule has 0 aliphatic rings. The molecule has 2 N–H and O–H groups in total. The molecule has 2 aromatic rings. The maximum absolute atomic E-state index is 6.33. The molecule has 0 radical (unpaired) electrons. The highest BCUT2D eigenvalue weighted by atomic mass is 32.1. The zero-order valence-corrected chi connectivity index (χ0v) is 10.3. The Hall–Kier alpha value is -1.12. The lowest BCUT2D eigenvalue weighted by Crippen LogP contribution is -2.18. The summed E-state index contributed by atoms with van der Waals surface area (Å²) in [6, 6.07) is 12.8. The van der Waals surface area contributed by atoms with Gasteiger partial charge in [0, 0.05) is 12.0 Å². The first-order valence-corrected chi connectivity index (χ1v) is 6.59. The molecule has 1 heterocycles. The van der Waals surface area contributed by atoms with Crippen LogP contribution in [0, 0.1) is 0 Å². The lowest BCUT2D eigenvalue weighted by Gasteiger charge is -2.22. The predicted octanol–water partition coefficient (Wildman–Crippen LogP) is 3.94. The van der Waals surface area contributed by atoms with Crippen molar-refractivity contribution >= 4 is 11.3 Å². The highest BCUT2D eigenvalue weighted by Gasteiger charge is 2.19. The molecule has 2 atom stereocenters. The van der Waals surface area contributed by atoms with Gasteiger partial charge in [-0.15, -0.1) is 0 Å². The average molecular weight is 231 g/mol. The van der Waals surface area contributed by atoms with Crippen molar-refractivity contribution in [2.24, 2.45) is 5.73 Å². The van der Waals surface area contributed by atoms with Crippen molar-refractivity contribution in [3.05, 3.63) is 58.3 Å². The largest absolute Gasteiger partial charge is 0.323 e. The summed E-state index contributed by atoms with van der Waals surface area (Å²) in [5.74, 6) is 0.413. The summed E-state index contributed by atoms with van der Waals surface area (Å²) in [7, 11) is 0. The molecule has 0 fully saturated rings. The van der Waals surface area contributed by atoms with Gasteiger partial charge in [-0.1, -0.05) is 37.3 Å². The average Bonchev–Trinajstić information content (AvgIpc) is 2.85. The van der Waals surface area contributed by atoms with E-state index in [0.29, 0.717) is 5.92 Å². The van der Waals surface area contributed by atoms with Gasteiger partial charge in [0.1, 0.15) is 0 Å². The maximum atomic E-state index is 6.33. The van der Waals surface area contributed by atoms with E-state index in [-0.39, 0.29) is 6.04 Å². The zero-order chi connectivity index (χ0) is 11.4.